The van der Waals surface area contributed by atoms with Crippen molar-refractivity contribution in [3.8, 4) is 0 Å². The van der Waals surface area contributed by atoms with Gasteiger partial charge in [-0.1, -0.05) is 18.2 Å². The van der Waals surface area contributed by atoms with Crippen LogP contribution in [0.2, 0.25) is 0 Å². The Morgan fingerprint density at radius 1 is 0.889 bits per heavy atom. The number of piperidine rings is 2. The number of rotatable bonds is 4. The summed E-state index contributed by atoms with van der Waals surface area (Å²) >= 11 is 0. The first-order valence-electron chi connectivity index (χ1n) is 13.3. The average molecular weight is 500 g/mol. The van der Waals surface area contributed by atoms with Gasteiger partial charge < -0.3 is 29.5 Å². The van der Waals surface area contributed by atoms with Crippen LogP contribution in [0.25, 0.3) is 0 Å². The van der Waals surface area contributed by atoms with Gasteiger partial charge in [0.2, 0.25) is 0 Å². The van der Waals surface area contributed by atoms with Gasteiger partial charge in [-0.2, -0.15) is 0 Å². The lowest BCUT2D eigenvalue weighted by Gasteiger charge is -2.40. The van der Waals surface area contributed by atoms with E-state index in [0.29, 0.717) is 51.6 Å². The van der Waals surface area contributed by atoms with Crippen molar-refractivity contribution in [1.29, 1.82) is 0 Å². The number of carbonyl (C=O) groups is 3. The summed E-state index contributed by atoms with van der Waals surface area (Å²) in [5.74, 6) is -0.125. The fourth-order valence-electron chi connectivity index (χ4n) is 5.83. The lowest BCUT2D eigenvalue weighted by molar-refractivity contribution is -0.136. The van der Waals surface area contributed by atoms with Gasteiger partial charge in [-0.15, -0.1) is 0 Å². The highest BCUT2D eigenvalue weighted by atomic mass is 16.6. The lowest BCUT2D eigenvalue weighted by Crippen LogP contribution is -2.51. The molecule has 196 valence electrons. The van der Waals surface area contributed by atoms with Gasteiger partial charge in [0.1, 0.15) is 0 Å². The molecule has 0 aliphatic carbocycles. The van der Waals surface area contributed by atoms with Crippen LogP contribution in [-0.4, -0.2) is 115 Å². The van der Waals surface area contributed by atoms with Crippen molar-refractivity contribution in [2.75, 3.05) is 71.0 Å². The molecule has 1 aromatic carbocycles. The number of urea groups is 1. The predicted octanol–water partition coefficient (Wildman–Crippen LogP) is 2.00. The molecule has 4 aliphatic heterocycles. The minimum absolute atomic E-state index is 0.0797. The second kappa shape index (κ2) is 11.5. The van der Waals surface area contributed by atoms with Gasteiger partial charge in [-0.25, -0.2) is 9.59 Å². The molecular weight excluding hydrogens is 462 g/mol. The van der Waals surface area contributed by atoms with Crippen molar-refractivity contribution in [3.05, 3.63) is 29.8 Å². The number of morpholine rings is 1. The second-order valence-corrected chi connectivity index (χ2v) is 10.1. The number of nitrogens with one attached hydrogen (secondary N) is 1. The first kappa shape index (κ1) is 24.8. The molecule has 3 saturated heterocycles. The minimum Gasteiger partial charge on any atom is -0.439 e. The van der Waals surface area contributed by atoms with Crippen molar-refractivity contribution in [2.45, 2.75) is 44.2 Å². The van der Waals surface area contributed by atoms with E-state index in [9.17, 15) is 14.4 Å². The van der Waals surface area contributed by atoms with E-state index >= 15 is 0 Å². The number of carbonyl (C=O) groups excluding carboxylic acids is 3. The fourth-order valence-corrected chi connectivity index (χ4v) is 5.83. The molecule has 0 bridgehead atoms. The number of ether oxygens (including phenoxy) is 2. The van der Waals surface area contributed by atoms with Gasteiger partial charge in [0.05, 0.1) is 13.2 Å². The number of anilines is 1. The maximum atomic E-state index is 12.8. The molecule has 0 spiro atoms. The summed E-state index contributed by atoms with van der Waals surface area (Å²) in [6.07, 6.45) is 3.65. The Balaban J connectivity index is 1.02. The molecule has 4 amide bonds. The van der Waals surface area contributed by atoms with E-state index in [1.807, 2.05) is 34.1 Å². The zero-order valence-corrected chi connectivity index (χ0v) is 20.9. The first-order valence-corrected chi connectivity index (χ1v) is 13.3. The van der Waals surface area contributed by atoms with E-state index < -0.39 is 6.09 Å². The van der Waals surface area contributed by atoms with Gasteiger partial charge in [-0.3, -0.25) is 9.69 Å². The Morgan fingerprint density at radius 3 is 2.31 bits per heavy atom. The second-order valence-electron chi connectivity index (χ2n) is 10.1. The van der Waals surface area contributed by atoms with Crippen molar-refractivity contribution >= 4 is 23.7 Å². The number of nitrogens with zero attached hydrogens (tertiary/aromatic N) is 4. The van der Waals surface area contributed by atoms with Crippen LogP contribution in [0.5, 0.6) is 0 Å². The van der Waals surface area contributed by atoms with Crippen molar-refractivity contribution in [1.82, 2.24) is 19.6 Å². The fraction of sp³-hybridized carbons (Fsp3) is 0.654. The van der Waals surface area contributed by atoms with E-state index in [2.05, 4.69) is 10.2 Å². The normalized spacial score (nSPS) is 22.6. The topological polar surface area (TPSA) is 94.7 Å². The number of hydrogen-bond acceptors (Lipinski definition) is 6. The molecule has 1 aromatic rings. The van der Waals surface area contributed by atoms with Crippen molar-refractivity contribution < 1.29 is 23.9 Å². The molecule has 0 radical (unpaired) electrons. The van der Waals surface area contributed by atoms with Crippen LogP contribution in [0.15, 0.2) is 24.3 Å². The molecule has 0 atom stereocenters. The summed E-state index contributed by atoms with van der Waals surface area (Å²) in [4.78, 5) is 45.9. The van der Waals surface area contributed by atoms with Crippen LogP contribution in [0.1, 0.15) is 31.2 Å². The third-order valence-electron chi connectivity index (χ3n) is 8.00. The number of fused-ring (bicyclic) bond motifs is 1. The smallest absolute Gasteiger partial charge is 0.410 e. The number of hydrogen-bond donors (Lipinski definition) is 1. The maximum Gasteiger partial charge on any atom is 0.410 e. The number of amides is 4. The molecule has 10 nitrogen and oxygen atoms in total. The zero-order chi connectivity index (χ0) is 24.9. The van der Waals surface area contributed by atoms with E-state index in [4.69, 9.17) is 9.47 Å². The van der Waals surface area contributed by atoms with Gasteiger partial charge in [0, 0.05) is 63.6 Å². The Labute approximate surface area is 212 Å². The van der Waals surface area contributed by atoms with Crippen molar-refractivity contribution in [2.24, 2.45) is 0 Å². The standard InChI is InChI=1S/C26H37N5O5/c32-24(29-10-6-21(7-11-29)28-15-17-35-18-16-28)19-36-26(34)30-12-8-22(9-13-30)31-14-5-20-3-1-2-4-23(20)27-25(31)33/h1-4,21-22H,5-19H2,(H,27,33). The summed E-state index contributed by atoms with van der Waals surface area (Å²) in [5, 5.41) is 3.02. The van der Waals surface area contributed by atoms with Crippen LogP contribution >= 0.6 is 0 Å². The molecule has 5 rings (SSSR count). The van der Waals surface area contributed by atoms with Crippen molar-refractivity contribution in [3.63, 3.8) is 0 Å². The van der Waals surface area contributed by atoms with E-state index in [-0.39, 0.29) is 24.6 Å². The average Bonchev–Trinajstić information content (AvgIpc) is 3.10. The Hall–Kier alpha value is -2.85. The number of para-hydroxylation sites is 1. The summed E-state index contributed by atoms with van der Waals surface area (Å²) in [6.45, 7) is 6.36. The van der Waals surface area contributed by atoms with E-state index in [0.717, 1.165) is 56.8 Å². The van der Waals surface area contributed by atoms with Gasteiger partial charge >= 0.3 is 12.1 Å². The molecule has 36 heavy (non-hydrogen) atoms. The Bertz CT molecular complexity index is 936. The number of benzene rings is 1. The lowest BCUT2D eigenvalue weighted by atomic mass is 10.0. The zero-order valence-electron chi connectivity index (χ0n) is 20.9. The van der Waals surface area contributed by atoms with Gasteiger partial charge in [-0.05, 0) is 43.7 Å². The third-order valence-corrected chi connectivity index (χ3v) is 8.00. The molecule has 10 heteroatoms. The monoisotopic (exact) mass is 499 g/mol. The van der Waals surface area contributed by atoms with Crippen LogP contribution in [0.3, 0.4) is 0 Å². The molecule has 0 unspecified atom stereocenters. The highest BCUT2D eigenvalue weighted by Gasteiger charge is 2.33. The first-order chi connectivity index (χ1) is 17.6. The quantitative estimate of drug-likeness (QED) is 0.681. The molecular formula is C26H37N5O5. The van der Waals surface area contributed by atoms with Gasteiger partial charge in [0.25, 0.3) is 5.91 Å². The summed E-state index contributed by atoms with van der Waals surface area (Å²) in [5.41, 5.74) is 2.02. The van der Waals surface area contributed by atoms with Gasteiger partial charge in [0.15, 0.2) is 6.61 Å². The molecule has 0 aromatic heterocycles. The maximum absolute atomic E-state index is 12.8. The van der Waals surface area contributed by atoms with Crippen LogP contribution in [0, 0.1) is 0 Å². The number of likely N-dealkylation sites (tertiary alicyclic amines) is 2. The van der Waals surface area contributed by atoms with Crippen LogP contribution < -0.4 is 5.32 Å². The predicted molar refractivity (Wildman–Crippen MR) is 134 cm³/mol. The summed E-state index contributed by atoms with van der Waals surface area (Å²) in [7, 11) is 0. The summed E-state index contributed by atoms with van der Waals surface area (Å²) in [6, 6.07) is 8.40. The molecule has 0 saturated carbocycles. The molecule has 1 N–H and O–H groups in total. The SMILES string of the molecule is O=C(COC(=O)N1CCC(N2CCc3ccccc3NC2=O)CC1)N1CCC(N2CCOCC2)CC1. The summed E-state index contributed by atoms with van der Waals surface area (Å²) < 4.78 is 10.8. The highest BCUT2D eigenvalue weighted by molar-refractivity contribution is 5.91. The van der Waals surface area contributed by atoms with Crippen LogP contribution in [0.4, 0.5) is 15.3 Å². The largest absolute Gasteiger partial charge is 0.439 e. The molecule has 4 aliphatic rings. The Morgan fingerprint density at radius 2 is 1.56 bits per heavy atom. The minimum atomic E-state index is -0.447. The molecule has 3 fully saturated rings. The molecule has 4 heterocycles. The van der Waals surface area contributed by atoms with E-state index in [1.54, 1.807) is 4.90 Å². The van der Waals surface area contributed by atoms with Crippen LogP contribution in [-0.2, 0) is 20.7 Å². The highest BCUT2D eigenvalue weighted by Crippen LogP contribution is 2.25. The van der Waals surface area contributed by atoms with E-state index in [1.165, 1.54) is 0 Å². The third kappa shape index (κ3) is 5.75. The Kier molecular flexibility index (Phi) is 7.91.